The zero-order chi connectivity index (χ0) is 19.4. The number of benzene rings is 2. The highest BCUT2D eigenvalue weighted by atomic mass is 35.5. The number of nitrogens with zero attached hydrogens (tertiary/aromatic N) is 2. The summed E-state index contributed by atoms with van der Waals surface area (Å²) in [6.45, 7) is 3.95. The number of carbonyl (C=O) groups is 1. The standard InChI is InChI=1S/C20H22ClN5O/c1-3-13(2)23-20(27)24-18-17(14-9-11-15(21)12-10-14)25-26(19(18)22)16-7-5-4-6-8-16/h4-13H,3,22H2,1-2H3,(H2,23,24,27)/t13-/m0/s1. The number of amides is 2. The third-order valence-corrected chi connectivity index (χ3v) is 4.52. The summed E-state index contributed by atoms with van der Waals surface area (Å²) >= 11 is 6.00. The smallest absolute Gasteiger partial charge is 0.319 e. The predicted molar refractivity (Wildman–Crippen MR) is 110 cm³/mol. The number of nitrogens with one attached hydrogen (secondary N) is 2. The minimum absolute atomic E-state index is 0.0503. The van der Waals surface area contributed by atoms with Gasteiger partial charge in [-0.05, 0) is 37.6 Å². The molecule has 4 N–H and O–H groups in total. The topological polar surface area (TPSA) is 85.0 Å². The minimum Gasteiger partial charge on any atom is -0.382 e. The van der Waals surface area contributed by atoms with Gasteiger partial charge in [-0.2, -0.15) is 5.10 Å². The molecule has 2 aromatic carbocycles. The van der Waals surface area contributed by atoms with Crippen LogP contribution in [0.25, 0.3) is 16.9 Å². The second-order valence-corrected chi connectivity index (χ2v) is 6.71. The van der Waals surface area contributed by atoms with Crippen molar-refractivity contribution in [3.63, 3.8) is 0 Å². The number of para-hydroxylation sites is 1. The third-order valence-electron chi connectivity index (χ3n) is 4.27. The number of halogens is 1. The van der Waals surface area contributed by atoms with Gasteiger partial charge in [0.05, 0.1) is 5.69 Å². The number of anilines is 2. The Balaban J connectivity index is 2.04. The van der Waals surface area contributed by atoms with Crippen LogP contribution in [0.3, 0.4) is 0 Å². The van der Waals surface area contributed by atoms with Crippen molar-refractivity contribution in [3.8, 4) is 16.9 Å². The van der Waals surface area contributed by atoms with Crippen LogP contribution in [0.5, 0.6) is 0 Å². The van der Waals surface area contributed by atoms with Crippen LogP contribution in [-0.4, -0.2) is 21.9 Å². The molecule has 27 heavy (non-hydrogen) atoms. The molecule has 3 aromatic rings. The average Bonchev–Trinajstić information content (AvgIpc) is 2.99. The minimum atomic E-state index is -0.320. The van der Waals surface area contributed by atoms with E-state index in [0.717, 1.165) is 17.7 Å². The van der Waals surface area contributed by atoms with E-state index >= 15 is 0 Å². The normalized spacial score (nSPS) is 11.8. The lowest BCUT2D eigenvalue weighted by atomic mass is 10.1. The number of hydrogen-bond acceptors (Lipinski definition) is 3. The highest BCUT2D eigenvalue weighted by Gasteiger charge is 2.20. The molecule has 1 atom stereocenters. The van der Waals surface area contributed by atoms with Gasteiger partial charge in [-0.1, -0.05) is 48.9 Å². The second-order valence-electron chi connectivity index (χ2n) is 6.27. The van der Waals surface area contributed by atoms with Crippen molar-refractivity contribution in [2.75, 3.05) is 11.1 Å². The van der Waals surface area contributed by atoms with Crippen molar-refractivity contribution in [1.82, 2.24) is 15.1 Å². The maximum absolute atomic E-state index is 12.4. The van der Waals surface area contributed by atoms with Crippen LogP contribution in [0, 0.1) is 0 Å². The summed E-state index contributed by atoms with van der Waals surface area (Å²) in [5.74, 6) is 0.352. The van der Waals surface area contributed by atoms with E-state index in [9.17, 15) is 4.79 Å². The molecule has 7 heteroatoms. The molecule has 0 saturated carbocycles. The number of nitrogen functional groups attached to an aromatic ring is 1. The molecule has 3 rings (SSSR count). The molecule has 0 bridgehead atoms. The van der Waals surface area contributed by atoms with Crippen LogP contribution in [0.4, 0.5) is 16.3 Å². The first-order chi connectivity index (χ1) is 13.0. The van der Waals surface area contributed by atoms with E-state index in [2.05, 4.69) is 15.7 Å². The Bertz CT molecular complexity index is 922. The number of rotatable bonds is 5. The van der Waals surface area contributed by atoms with E-state index in [1.807, 2.05) is 56.3 Å². The SMILES string of the molecule is CC[C@H](C)NC(=O)Nc1c(-c2ccc(Cl)cc2)nn(-c2ccccc2)c1N. The largest absolute Gasteiger partial charge is 0.382 e. The van der Waals surface area contributed by atoms with E-state index in [-0.39, 0.29) is 12.1 Å². The van der Waals surface area contributed by atoms with Crippen LogP contribution < -0.4 is 16.4 Å². The molecule has 0 aliphatic heterocycles. The Labute approximate surface area is 163 Å². The first-order valence-electron chi connectivity index (χ1n) is 8.77. The van der Waals surface area contributed by atoms with Crippen molar-refractivity contribution in [3.05, 3.63) is 59.6 Å². The predicted octanol–water partition coefficient (Wildman–Crippen LogP) is 4.69. The zero-order valence-electron chi connectivity index (χ0n) is 15.2. The Hall–Kier alpha value is -2.99. The average molecular weight is 384 g/mol. The third kappa shape index (κ3) is 4.23. The van der Waals surface area contributed by atoms with Gasteiger partial charge in [0.15, 0.2) is 5.82 Å². The van der Waals surface area contributed by atoms with Gasteiger partial charge in [-0.15, -0.1) is 0 Å². The molecule has 0 unspecified atom stereocenters. The molecule has 0 saturated heterocycles. The maximum Gasteiger partial charge on any atom is 0.319 e. The highest BCUT2D eigenvalue weighted by Crippen LogP contribution is 2.34. The van der Waals surface area contributed by atoms with Crippen molar-refractivity contribution in [2.45, 2.75) is 26.3 Å². The maximum atomic E-state index is 12.4. The highest BCUT2D eigenvalue weighted by molar-refractivity contribution is 6.30. The summed E-state index contributed by atoms with van der Waals surface area (Å²) in [4.78, 5) is 12.4. The summed E-state index contributed by atoms with van der Waals surface area (Å²) in [6, 6.07) is 16.5. The number of aromatic nitrogens is 2. The Morgan fingerprint density at radius 1 is 1.19 bits per heavy atom. The Morgan fingerprint density at radius 3 is 2.48 bits per heavy atom. The summed E-state index contributed by atoms with van der Waals surface area (Å²) in [6.07, 6.45) is 0.830. The zero-order valence-corrected chi connectivity index (χ0v) is 16.0. The second kappa shape index (κ2) is 8.14. The summed E-state index contributed by atoms with van der Waals surface area (Å²) < 4.78 is 1.61. The van der Waals surface area contributed by atoms with Gasteiger partial charge >= 0.3 is 6.03 Å². The fraction of sp³-hybridized carbons (Fsp3) is 0.200. The molecule has 6 nitrogen and oxygen atoms in total. The van der Waals surface area contributed by atoms with Crippen LogP contribution in [0.1, 0.15) is 20.3 Å². The number of urea groups is 1. The number of carbonyl (C=O) groups excluding carboxylic acids is 1. The first-order valence-corrected chi connectivity index (χ1v) is 9.14. The van der Waals surface area contributed by atoms with E-state index in [1.54, 1.807) is 16.8 Å². The molecule has 0 aliphatic carbocycles. The lowest BCUT2D eigenvalue weighted by Crippen LogP contribution is -2.35. The van der Waals surface area contributed by atoms with Crippen molar-refractivity contribution in [1.29, 1.82) is 0 Å². The molecule has 0 radical (unpaired) electrons. The van der Waals surface area contributed by atoms with Crippen molar-refractivity contribution in [2.24, 2.45) is 0 Å². The molecule has 0 spiro atoms. The van der Waals surface area contributed by atoms with Gasteiger partial charge < -0.3 is 16.4 Å². The number of hydrogen-bond donors (Lipinski definition) is 3. The molecule has 1 heterocycles. The van der Waals surface area contributed by atoms with Crippen LogP contribution in [0.2, 0.25) is 5.02 Å². The van der Waals surface area contributed by atoms with Gasteiger partial charge in [0.25, 0.3) is 0 Å². The van der Waals surface area contributed by atoms with Gasteiger partial charge in [0, 0.05) is 16.6 Å². The molecule has 0 aliphatic rings. The quantitative estimate of drug-likeness (QED) is 0.597. The lowest BCUT2D eigenvalue weighted by Gasteiger charge is -2.13. The van der Waals surface area contributed by atoms with Crippen molar-refractivity contribution >= 4 is 29.1 Å². The van der Waals surface area contributed by atoms with E-state index in [4.69, 9.17) is 17.3 Å². The fourth-order valence-corrected chi connectivity index (χ4v) is 2.73. The Morgan fingerprint density at radius 2 is 1.85 bits per heavy atom. The van der Waals surface area contributed by atoms with Gasteiger partial charge in [0.1, 0.15) is 11.4 Å². The van der Waals surface area contributed by atoms with E-state index in [0.29, 0.717) is 22.2 Å². The summed E-state index contributed by atoms with van der Waals surface area (Å²) in [5.41, 5.74) is 8.99. The van der Waals surface area contributed by atoms with Crippen LogP contribution in [0.15, 0.2) is 54.6 Å². The Kier molecular flexibility index (Phi) is 5.66. The molecule has 2 amide bonds. The lowest BCUT2D eigenvalue weighted by molar-refractivity contribution is 0.249. The van der Waals surface area contributed by atoms with Crippen LogP contribution >= 0.6 is 11.6 Å². The monoisotopic (exact) mass is 383 g/mol. The van der Waals surface area contributed by atoms with E-state index < -0.39 is 0 Å². The molecule has 1 aromatic heterocycles. The van der Waals surface area contributed by atoms with E-state index in [1.165, 1.54) is 0 Å². The van der Waals surface area contributed by atoms with Gasteiger partial charge in [-0.25, -0.2) is 9.48 Å². The number of nitrogens with two attached hydrogens (primary N) is 1. The van der Waals surface area contributed by atoms with Gasteiger partial charge in [0.2, 0.25) is 0 Å². The summed E-state index contributed by atoms with van der Waals surface area (Å²) in [7, 11) is 0. The summed E-state index contributed by atoms with van der Waals surface area (Å²) in [5, 5.41) is 11.0. The first kappa shape index (κ1) is 18.8. The van der Waals surface area contributed by atoms with Gasteiger partial charge in [-0.3, -0.25) is 0 Å². The fourth-order valence-electron chi connectivity index (χ4n) is 2.61. The molecule has 140 valence electrons. The molecule has 0 fully saturated rings. The van der Waals surface area contributed by atoms with Crippen molar-refractivity contribution < 1.29 is 4.79 Å². The molecular formula is C20H22ClN5O. The molecular weight excluding hydrogens is 362 g/mol. The van der Waals surface area contributed by atoms with Crippen LogP contribution in [-0.2, 0) is 0 Å².